The maximum atomic E-state index is 14.4. The molecule has 0 radical (unpaired) electrons. The third-order valence-electron chi connectivity index (χ3n) is 15.5. The number of morpholine rings is 1. The number of methoxy groups -OCH3 is 1. The highest BCUT2D eigenvalue weighted by Gasteiger charge is 2.40. The molecule has 0 bridgehead atoms. The monoisotopic (exact) mass is 1230 g/mol. The van der Waals surface area contributed by atoms with Gasteiger partial charge in [0.05, 0.1) is 70.0 Å². The first-order valence-corrected chi connectivity index (χ1v) is 28.7. The largest absolute Gasteiger partial charge is 0.496 e. The fraction of sp³-hybridized carbons (Fsp3) is 0.349. The number of nitrogens with one attached hydrogen (secondary N) is 1. The Morgan fingerprint density at radius 2 is 1.22 bits per heavy atom. The Labute approximate surface area is 513 Å². The first kappa shape index (κ1) is 62.5. The van der Waals surface area contributed by atoms with E-state index < -0.39 is 72.8 Å². The van der Waals surface area contributed by atoms with Gasteiger partial charge in [0.15, 0.2) is 11.8 Å². The summed E-state index contributed by atoms with van der Waals surface area (Å²) >= 11 is 13.0. The number of rotatable bonds is 19. The van der Waals surface area contributed by atoms with Crippen molar-refractivity contribution in [3.63, 3.8) is 0 Å². The maximum absolute atomic E-state index is 14.4. The van der Waals surface area contributed by atoms with E-state index in [9.17, 15) is 38.4 Å². The van der Waals surface area contributed by atoms with Crippen molar-refractivity contribution in [3.05, 3.63) is 136 Å². The van der Waals surface area contributed by atoms with Crippen LogP contribution in [0.25, 0.3) is 39.2 Å². The van der Waals surface area contributed by atoms with Crippen LogP contribution in [0.5, 0.6) is 11.5 Å². The molecule has 1 aliphatic carbocycles. The van der Waals surface area contributed by atoms with Gasteiger partial charge in [0.1, 0.15) is 18.1 Å². The van der Waals surface area contributed by atoms with Gasteiger partial charge in [-0.2, -0.15) is 5.10 Å². The van der Waals surface area contributed by atoms with Crippen LogP contribution in [-0.2, 0) is 44.8 Å². The van der Waals surface area contributed by atoms with Gasteiger partial charge in [-0.3, -0.25) is 33.6 Å². The van der Waals surface area contributed by atoms with Crippen LogP contribution in [0.1, 0.15) is 53.6 Å². The summed E-state index contributed by atoms with van der Waals surface area (Å²) in [6.45, 7) is 3.08. The smallest absolute Gasteiger partial charge is 0.410 e. The van der Waals surface area contributed by atoms with Crippen molar-refractivity contribution in [3.8, 4) is 50.7 Å². The maximum Gasteiger partial charge on any atom is 0.410 e. The fourth-order valence-electron chi connectivity index (χ4n) is 10.5. The molecule has 24 heteroatoms. The molecular formula is C63H68Cl2N10O12. The van der Waals surface area contributed by atoms with E-state index in [1.807, 2.05) is 74.5 Å². The van der Waals surface area contributed by atoms with E-state index in [-0.39, 0.29) is 44.3 Å². The highest BCUT2D eigenvalue weighted by atomic mass is 35.5. The van der Waals surface area contributed by atoms with Crippen molar-refractivity contribution in [1.29, 1.82) is 0 Å². The lowest BCUT2D eigenvalue weighted by Crippen LogP contribution is -2.55. The number of hydrogen-bond donors (Lipinski definition) is 1. The minimum absolute atomic E-state index is 0.0256. The summed E-state index contributed by atoms with van der Waals surface area (Å²) in [5, 5.41) is 8.51. The van der Waals surface area contributed by atoms with E-state index in [1.54, 1.807) is 52.0 Å². The van der Waals surface area contributed by atoms with Crippen molar-refractivity contribution in [1.82, 2.24) is 44.1 Å². The number of anilines is 1. The summed E-state index contributed by atoms with van der Waals surface area (Å²) < 4.78 is 25.5. The van der Waals surface area contributed by atoms with Gasteiger partial charge >= 0.3 is 6.09 Å². The molecule has 456 valence electrons. The van der Waals surface area contributed by atoms with Gasteiger partial charge in [-0.1, -0.05) is 83.9 Å². The van der Waals surface area contributed by atoms with E-state index in [0.29, 0.717) is 80.6 Å². The van der Waals surface area contributed by atoms with Gasteiger partial charge in [0.2, 0.25) is 35.4 Å². The topological polar surface area (TPSA) is 226 Å². The van der Waals surface area contributed by atoms with Gasteiger partial charge in [-0.15, -0.1) is 0 Å². The van der Waals surface area contributed by atoms with Crippen LogP contribution in [-0.4, -0.2) is 205 Å². The zero-order valence-corrected chi connectivity index (χ0v) is 51.4. The number of benzene rings is 5. The first-order valence-electron chi connectivity index (χ1n) is 28.0. The number of carbonyl (C=O) groups excluding carboxylic acids is 8. The number of likely N-dealkylation sites (N-methyl/N-ethyl adjacent to an activating group) is 5. The number of ether oxygens (including phenoxy) is 4. The van der Waals surface area contributed by atoms with Crippen molar-refractivity contribution in [2.24, 2.45) is 0 Å². The third-order valence-corrected chi connectivity index (χ3v) is 16.0. The molecule has 0 atom stereocenters. The summed E-state index contributed by atoms with van der Waals surface area (Å²) in [6.07, 6.45) is -1.30. The summed E-state index contributed by atoms with van der Waals surface area (Å²) in [7, 11) is 10.1. The van der Waals surface area contributed by atoms with E-state index in [0.717, 1.165) is 37.0 Å². The molecule has 22 nitrogen and oxygen atoms in total. The average molecular weight is 1230 g/mol. The molecular weight excluding hydrogens is 1160 g/mol. The molecule has 0 spiro atoms. The molecule has 8 amide bonds. The molecule has 1 N–H and O–H groups in total. The molecule has 0 unspecified atom stereocenters. The molecule has 2 aliphatic heterocycles. The lowest BCUT2D eigenvalue weighted by molar-refractivity contribution is -0.145. The zero-order valence-electron chi connectivity index (χ0n) is 49.9. The summed E-state index contributed by atoms with van der Waals surface area (Å²) in [6, 6.07) is 31.1. The normalized spacial score (nSPS) is 13.6. The van der Waals surface area contributed by atoms with Crippen molar-refractivity contribution < 1.29 is 57.3 Å². The van der Waals surface area contributed by atoms with Gasteiger partial charge in [0.25, 0.3) is 5.91 Å². The Morgan fingerprint density at radius 3 is 1.79 bits per heavy atom. The minimum Gasteiger partial charge on any atom is -0.496 e. The number of carbonyl (C=O) groups is 8. The molecule has 5 aromatic carbocycles. The second-order valence-corrected chi connectivity index (χ2v) is 23.2. The van der Waals surface area contributed by atoms with Crippen LogP contribution in [0.2, 0.25) is 10.0 Å². The number of aromatic nitrogens is 2. The van der Waals surface area contributed by atoms with E-state index >= 15 is 0 Å². The van der Waals surface area contributed by atoms with Crippen molar-refractivity contribution >= 4 is 76.3 Å². The van der Waals surface area contributed by atoms with Gasteiger partial charge in [-0.05, 0) is 66.9 Å². The average Bonchev–Trinajstić information content (AvgIpc) is 1.68. The summed E-state index contributed by atoms with van der Waals surface area (Å²) in [4.78, 5) is 116. The lowest BCUT2D eigenvalue weighted by atomic mass is 9.95. The van der Waals surface area contributed by atoms with Crippen LogP contribution in [0.3, 0.4) is 0 Å². The summed E-state index contributed by atoms with van der Waals surface area (Å²) in [5.41, 5.74) is 7.25. The second-order valence-electron chi connectivity index (χ2n) is 22.4. The Bertz CT molecular complexity index is 3640. The van der Waals surface area contributed by atoms with Crippen LogP contribution >= 0.6 is 23.2 Å². The molecule has 6 aromatic rings. The van der Waals surface area contributed by atoms with Gasteiger partial charge in [0, 0.05) is 111 Å². The van der Waals surface area contributed by atoms with Crippen LogP contribution in [0.15, 0.2) is 103 Å². The predicted octanol–water partition coefficient (Wildman–Crippen LogP) is 7.12. The number of amides is 8. The van der Waals surface area contributed by atoms with Crippen LogP contribution in [0.4, 0.5) is 10.5 Å². The minimum atomic E-state index is -0.610. The zero-order chi connectivity index (χ0) is 62.6. The molecule has 3 aliphatic rings. The van der Waals surface area contributed by atoms with Crippen LogP contribution in [0, 0.1) is 0 Å². The Morgan fingerprint density at radius 1 is 0.655 bits per heavy atom. The standard InChI is InChI=1S/C63H68Cl2N10O12/c1-63(2)37-85-24-23-74(63)61(82)58-49-36-86-51-30-50(84-9)47(29-48(51)59(49)75(67-58)42-27-39(64)26-40(65)28-42)38-15-14-16-41(25-38)66-52(76)31-69(4)54(78)33-71(6)56(80)35-73(8)57(81)34-72(7)55(79)32-70(5)53(77)21-22-68(3)62(83)87-60-45-19-12-10-17-43(45)44-18-11-13-20-46(44)60/h10-20,25-30,60H,21-24,31-37H2,1-9H3,(H,66,76). The highest BCUT2D eigenvalue weighted by molar-refractivity contribution is 6.35. The van der Waals surface area contributed by atoms with E-state index in [1.165, 1.54) is 64.1 Å². The Kier molecular flexibility index (Phi) is 18.9. The van der Waals surface area contributed by atoms with E-state index in [4.69, 9.17) is 47.2 Å². The predicted molar refractivity (Wildman–Crippen MR) is 326 cm³/mol. The highest BCUT2D eigenvalue weighted by Crippen LogP contribution is 2.48. The van der Waals surface area contributed by atoms with Crippen molar-refractivity contribution in [2.45, 2.75) is 38.5 Å². The first-order chi connectivity index (χ1) is 41.4. The fourth-order valence-corrected chi connectivity index (χ4v) is 11.1. The summed E-state index contributed by atoms with van der Waals surface area (Å²) in [5.74, 6) is -2.55. The molecule has 3 heterocycles. The number of halogens is 2. The molecule has 1 fully saturated rings. The molecule has 87 heavy (non-hydrogen) atoms. The van der Waals surface area contributed by atoms with Crippen LogP contribution < -0.4 is 14.8 Å². The number of fused-ring (bicyclic) bond motifs is 6. The Hall–Kier alpha value is -8.99. The van der Waals surface area contributed by atoms with Gasteiger partial charge < -0.3 is 58.6 Å². The lowest BCUT2D eigenvalue weighted by Gasteiger charge is -2.41. The molecule has 0 saturated carbocycles. The van der Waals surface area contributed by atoms with Gasteiger partial charge in [-0.25, -0.2) is 9.48 Å². The van der Waals surface area contributed by atoms with Crippen molar-refractivity contribution in [2.75, 3.05) is 114 Å². The van der Waals surface area contributed by atoms with E-state index in [2.05, 4.69) is 5.32 Å². The quantitative estimate of drug-likeness (QED) is 0.0853. The molecule has 1 aromatic heterocycles. The number of nitrogens with zero attached hydrogens (tertiary/aromatic N) is 9. The number of hydrogen-bond acceptors (Lipinski definition) is 13. The second kappa shape index (κ2) is 26.3. The Balaban J connectivity index is 0.755. The SMILES string of the molecule is COc1cc2c(cc1-c1cccc(NC(=O)CN(C)C(=O)CN(C)C(=O)CN(C)C(=O)CN(C)C(=O)CN(C)C(=O)CCN(C)C(=O)OC3c4ccccc4-c4ccccc43)c1)-c1c(c(C(=O)N3CCOCC3(C)C)nn1-c1cc(Cl)cc(Cl)c1)CO2. The molecule has 1 saturated heterocycles. The molecule has 9 rings (SSSR count). The third kappa shape index (κ3) is 13.8.